The number of rotatable bonds is 3. The summed E-state index contributed by atoms with van der Waals surface area (Å²) in [5, 5.41) is 3.16. The van der Waals surface area contributed by atoms with Crippen molar-refractivity contribution >= 4 is 29.3 Å². The molecule has 0 unspecified atom stereocenters. The third-order valence-electron chi connectivity index (χ3n) is 2.92. The molecule has 0 aliphatic rings. The van der Waals surface area contributed by atoms with E-state index in [9.17, 15) is 4.79 Å². The number of nitrogen functional groups attached to an aromatic ring is 1. The van der Waals surface area contributed by atoms with Crippen molar-refractivity contribution in [2.75, 3.05) is 11.1 Å². The molecule has 0 aliphatic heterocycles. The van der Waals surface area contributed by atoms with Crippen molar-refractivity contribution in [3.63, 3.8) is 0 Å². The molecule has 2 heterocycles. The van der Waals surface area contributed by atoms with E-state index in [4.69, 9.17) is 17.3 Å². The van der Waals surface area contributed by atoms with Crippen molar-refractivity contribution in [3.8, 4) is 11.4 Å². The summed E-state index contributed by atoms with van der Waals surface area (Å²) in [6.45, 7) is 0. The lowest BCUT2D eigenvalue weighted by atomic mass is 10.2. The van der Waals surface area contributed by atoms with Gasteiger partial charge in [0.2, 0.25) is 5.95 Å². The molecule has 7 nitrogen and oxygen atoms in total. The highest BCUT2D eigenvalue weighted by Crippen LogP contribution is 2.19. The van der Waals surface area contributed by atoms with Crippen molar-refractivity contribution in [1.82, 2.24) is 19.9 Å². The predicted octanol–water partition coefficient (Wildman–Crippen LogP) is 2.42. The summed E-state index contributed by atoms with van der Waals surface area (Å²) in [5.41, 5.74) is 6.65. The largest absolute Gasteiger partial charge is 0.384 e. The molecule has 3 aromatic rings. The van der Waals surface area contributed by atoms with Crippen molar-refractivity contribution in [2.24, 2.45) is 0 Å². The number of carbonyl (C=O) groups is 1. The normalized spacial score (nSPS) is 10.3. The molecule has 0 fully saturated rings. The maximum Gasteiger partial charge on any atom is 0.258 e. The highest BCUT2D eigenvalue weighted by Gasteiger charge is 2.10. The Kier molecular flexibility index (Phi) is 4.11. The van der Waals surface area contributed by atoms with E-state index >= 15 is 0 Å². The minimum Gasteiger partial charge on any atom is -0.384 e. The molecule has 1 aromatic carbocycles. The van der Waals surface area contributed by atoms with Crippen LogP contribution in [-0.4, -0.2) is 25.8 Å². The minimum atomic E-state index is -0.387. The molecule has 0 atom stereocenters. The van der Waals surface area contributed by atoms with Gasteiger partial charge in [-0.1, -0.05) is 23.7 Å². The van der Waals surface area contributed by atoms with Gasteiger partial charge in [-0.25, -0.2) is 15.0 Å². The van der Waals surface area contributed by atoms with Crippen LogP contribution in [0.1, 0.15) is 10.4 Å². The van der Waals surface area contributed by atoms with Crippen LogP contribution in [-0.2, 0) is 0 Å². The van der Waals surface area contributed by atoms with Crippen LogP contribution in [0.25, 0.3) is 11.4 Å². The van der Waals surface area contributed by atoms with Gasteiger partial charge in [0, 0.05) is 22.3 Å². The zero-order chi connectivity index (χ0) is 16.2. The first kappa shape index (κ1) is 14.9. The predicted molar refractivity (Wildman–Crippen MR) is 86.9 cm³/mol. The van der Waals surface area contributed by atoms with Gasteiger partial charge in [0.1, 0.15) is 12.1 Å². The van der Waals surface area contributed by atoms with Gasteiger partial charge in [0.25, 0.3) is 5.91 Å². The van der Waals surface area contributed by atoms with Crippen molar-refractivity contribution < 1.29 is 4.79 Å². The molecule has 0 bridgehead atoms. The summed E-state index contributed by atoms with van der Waals surface area (Å²) in [5.74, 6) is 0.414. The molecule has 23 heavy (non-hydrogen) atoms. The van der Waals surface area contributed by atoms with Gasteiger partial charge in [0.05, 0.1) is 0 Å². The number of nitrogens with one attached hydrogen (secondary N) is 1. The third kappa shape index (κ3) is 3.58. The number of pyridine rings is 1. The maximum atomic E-state index is 12.2. The maximum absolute atomic E-state index is 12.2. The van der Waals surface area contributed by atoms with Crippen molar-refractivity contribution in [3.05, 3.63) is 59.5 Å². The number of benzene rings is 1. The number of anilines is 2. The first-order valence-electron chi connectivity index (χ1n) is 6.60. The highest BCUT2D eigenvalue weighted by atomic mass is 35.5. The average Bonchev–Trinajstić information content (AvgIpc) is 2.55. The molecule has 3 N–H and O–H groups in total. The first-order chi connectivity index (χ1) is 11.1. The zero-order valence-electron chi connectivity index (χ0n) is 11.8. The molecule has 3 rings (SSSR count). The Bertz CT molecular complexity index is 870. The summed E-state index contributed by atoms with van der Waals surface area (Å²) in [4.78, 5) is 28.2. The fraction of sp³-hybridized carbons (Fsp3) is 0. The summed E-state index contributed by atoms with van der Waals surface area (Å²) >= 11 is 5.96. The number of carbonyl (C=O) groups excluding carboxylic acids is 1. The van der Waals surface area contributed by atoms with E-state index in [1.54, 1.807) is 24.3 Å². The second-order valence-corrected chi connectivity index (χ2v) is 5.00. The second kappa shape index (κ2) is 6.37. The van der Waals surface area contributed by atoms with Gasteiger partial charge >= 0.3 is 0 Å². The fourth-order valence-corrected chi connectivity index (χ4v) is 2.08. The lowest BCUT2D eigenvalue weighted by molar-refractivity contribution is 0.102. The SMILES string of the molecule is Nc1cc(C(=O)Nc2ncnc(-c3cccc(Cl)c3)n2)ccn1. The van der Waals surface area contributed by atoms with Gasteiger partial charge in [-0.3, -0.25) is 10.1 Å². The molecule has 0 saturated heterocycles. The van der Waals surface area contributed by atoms with Crippen LogP contribution in [0.2, 0.25) is 5.02 Å². The number of amides is 1. The topological polar surface area (TPSA) is 107 Å². The van der Waals surface area contributed by atoms with Crippen LogP contribution < -0.4 is 11.1 Å². The van der Waals surface area contributed by atoms with E-state index < -0.39 is 0 Å². The Morgan fingerprint density at radius 2 is 2.00 bits per heavy atom. The van der Waals surface area contributed by atoms with Crippen molar-refractivity contribution in [1.29, 1.82) is 0 Å². The lowest BCUT2D eigenvalue weighted by Gasteiger charge is -2.05. The third-order valence-corrected chi connectivity index (χ3v) is 3.16. The second-order valence-electron chi connectivity index (χ2n) is 4.57. The highest BCUT2D eigenvalue weighted by molar-refractivity contribution is 6.30. The quantitative estimate of drug-likeness (QED) is 0.765. The summed E-state index contributed by atoms with van der Waals surface area (Å²) in [6.07, 6.45) is 2.77. The smallest absolute Gasteiger partial charge is 0.258 e. The van der Waals surface area contributed by atoms with E-state index in [-0.39, 0.29) is 17.7 Å². The Labute approximate surface area is 136 Å². The van der Waals surface area contributed by atoms with E-state index in [0.29, 0.717) is 16.4 Å². The van der Waals surface area contributed by atoms with Crippen LogP contribution >= 0.6 is 11.6 Å². The van der Waals surface area contributed by atoms with Gasteiger partial charge in [-0.15, -0.1) is 0 Å². The number of hydrogen-bond acceptors (Lipinski definition) is 6. The van der Waals surface area contributed by atoms with Crippen LogP contribution in [0.4, 0.5) is 11.8 Å². The fourth-order valence-electron chi connectivity index (χ4n) is 1.89. The van der Waals surface area contributed by atoms with E-state index in [2.05, 4.69) is 25.3 Å². The van der Waals surface area contributed by atoms with Crippen molar-refractivity contribution in [2.45, 2.75) is 0 Å². The molecule has 8 heteroatoms. The lowest BCUT2D eigenvalue weighted by Crippen LogP contribution is -2.15. The van der Waals surface area contributed by atoms with Crippen LogP contribution in [0.5, 0.6) is 0 Å². The van der Waals surface area contributed by atoms with Gasteiger partial charge < -0.3 is 5.73 Å². The number of hydrogen-bond donors (Lipinski definition) is 2. The molecule has 0 radical (unpaired) electrons. The number of nitrogens with two attached hydrogens (primary N) is 1. The molecule has 0 saturated carbocycles. The van der Waals surface area contributed by atoms with E-state index in [1.165, 1.54) is 18.6 Å². The van der Waals surface area contributed by atoms with E-state index in [1.807, 2.05) is 6.07 Å². The summed E-state index contributed by atoms with van der Waals surface area (Å²) in [6, 6.07) is 10.1. The monoisotopic (exact) mass is 326 g/mol. The van der Waals surface area contributed by atoms with Gasteiger partial charge in [0.15, 0.2) is 5.82 Å². The summed E-state index contributed by atoms with van der Waals surface area (Å²) < 4.78 is 0. The van der Waals surface area contributed by atoms with Crippen LogP contribution in [0, 0.1) is 0 Å². The Balaban J connectivity index is 1.84. The standard InChI is InChI=1S/C15H11ClN6O/c16-11-3-1-2-9(6-11)13-19-8-20-15(21-13)22-14(23)10-4-5-18-12(17)7-10/h1-8H,(H2,17,18)(H,19,20,21,22,23). The Hall–Kier alpha value is -3.06. The Morgan fingerprint density at radius 1 is 1.13 bits per heavy atom. The molecule has 114 valence electrons. The minimum absolute atomic E-state index is 0.135. The van der Waals surface area contributed by atoms with Crippen LogP contribution in [0.3, 0.4) is 0 Å². The molecule has 0 aliphatic carbocycles. The first-order valence-corrected chi connectivity index (χ1v) is 6.97. The number of nitrogens with zero attached hydrogens (tertiary/aromatic N) is 4. The Morgan fingerprint density at radius 3 is 2.78 bits per heavy atom. The average molecular weight is 327 g/mol. The molecular weight excluding hydrogens is 316 g/mol. The molecule has 0 spiro atoms. The van der Waals surface area contributed by atoms with Gasteiger partial charge in [-0.2, -0.15) is 4.98 Å². The summed E-state index contributed by atoms with van der Waals surface area (Å²) in [7, 11) is 0. The molecule has 1 amide bonds. The molecular formula is C15H11ClN6O. The van der Waals surface area contributed by atoms with Crippen LogP contribution in [0.15, 0.2) is 48.9 Å². The number of aromatic nitrogens is 4. The van der Waals surface area contributed by atoms with E-state index in [0.717, 1.165) is 5.56 Å². The zero-order valence-corrected chi connectivity index (χ0v) is 12.5. The number of halogens is 1. The molecule has 2 aromatic heterocycles. The van der Waals surface area contributed by atoms with Gasteiger partial charge in [-0.05, 0) is 24.3 Å².